The highest BCUT2D eigenvalue weighted by Crippen LogP contribution is 2.40. The minimum Gasteiger partial charge on any atom is -0.456 e. The molecule has 0 radical (unpaired) electrons. The summed E-state index contributed by atoms with van der Waals surface area (Å²) in [7, 11) is 3.14. The number of benzene rings is 2. The minimum absolute atomic E-state index is 0.249. The van der Waals surface area contributed by atoms with E-state index in [0.717, 1.165) is 0 Å². The Hall–Kier alpha value is -3.91. The van der Waals surface area contributed by atoms with Gasteiger partial charge in [0, 0.05) is 36.8 Å². The van der Waals surface area contributed by atoms with Crippen LogP contribution >= 0.6 is 0 Å². The van der Waals surface area contributed by atoms with Crippen LogP contribution in [0.5, 0.6) is 11.5 Å². The Labute approximate surface area is 202 Å². The van der Waals surface area contributed by atoms with Crippen LogP contribution in [-0.2, 0) is 12.6 Å². The molecule has 0 saturated heterocycles. The molecule has 0 aliphatic rings. The summed E-state index contributed by atoms with van der Waals surface area (Å²) in [6, 6.07) is 9.74. The van der Waals surface area contributed by atoms with Crippen molar-refractivity contribution in [2.75, 3.05) is 7.05 Å². The van der Waals surface area contributed by atoms with Gasteiger partial charge in [-0.15, -0.1) is 0 Å². The van der Waals surface area contributed by atoms with Gasteiger partial charge in [-0.1, -0.05) is 6.07 Å². The van der Waals surface area contributed by atoms with E-state index in [1.54, 1.807) is 65.2 Å². The van der Waals surface area contributed by atoms with Gasteiger partial charge >= 0.3 is 0 Å². The number of nitrogens with one attached hydrogen (secondary N) is 2. The van der Waals surface area contributed by atoms with Crippen molar-refractivity contribution in [3.63, 3.8) is 0 Å². The summed E-state index contributed by atoms with van der Waals surface area (Å²) in [6.07, 6.45) is 1.67. The molecule has 0 aliphatic heterocycles. The molecule has 4 rings (SSSR count). The van der Waals surface area contributed by atoms with Gasteiger partial charge in [0.25, 0.3) is 11.5 Å². The maximum atomic E-state index is 13.9. The number of halogens is 1. The molecule has 0 fully saturated rings. The summed E-state index contributed by atoms with van der Waals surface area (Å²) in [5, 5.41) is 13.8. The molecule has 0 bridgehead atoms. The number of amides is 1. The Balaban J connectivity index is 2.02. The fourth-order valence-electron chi connectivity index (χ4n) is 4.18. The molecule has 0 unspecified atom stereocenters. The molecule has 3 N–H and O–H groups in total. The summed E-state index contributed by atoms with van der Waals surface area (Å²) >= 11 is 0. The fourth-order valence-corrected chi connectivity index (χ4v) is 4.18. The van der Waals surface area contributed by atoms with E-state index in [0.29, 0.717) is 44.7 Å². The van der Waals surface area contributed by atoms with Crippen molar-refractivity contribution in [2.24, 2.45) is 7.05 Å². The zero-order valence-corrected chi connectivity index (χ0v) is 20.5. The Morgan fingerprint density at radius 3 is 2.37 bits per heavy atom. The summed E-state index contributed by atoms with van der Waals surface area (Å²) in [5.74, 6) is 0.274. The van der Waals surface area contributed by atoms with Crippen LogP contribution in [0.3, 0.4) is 0 Å². The van der Waals surface area contributed by atoms with Gasteiger partial charge in [0.05, 0.1) is 5.60 Å². The Morgan fingerprint density at radius 2 is 1.77 bits per heavy atom. The smallest absolute Gasteiger partial charge is 0.274 e. The standard InChI is InChI=1S/C27H28FN3O4/c1-14-9-17(28)10-15(2)24(14)35-22-8-7-16(27(3,4)34)11-18(22)20-13-31(6)26(33)23-19(20)12-21(30-23)25(32)29-5/h7-13,30,34H,1-6H3,(H,29,32). The van der Waals surface area contributed by atoms with Gasteiger partial charge in [0.15, 0.2) is 0 Å². The zero-order chi connectivity index (χ0) is 25.7. The van der Waals surface area contributed by atoms with Crippen LogP contribution in [0.25, 0.3) is 22.0 Å². The third-order valence-corrected chi connectivity index (χ3v) is 6.05. The van der Waals surface area contributed by atoms with Crippen LogP contribution in [0.1, 0.15) is 41.0 Å². The van der Waals surface area contributed by atoms with Crippen molar-refractivity contribution in [1.82, 2.24) is 14.9 Å². The molecule has 0 aliphatic carbocycles. The van der Waals surface area contributed by atoms with Crippen LogP contribution in [0, 0.1) is 19.7 Å². The lowest BCUT2D eigenvalue weighted by molar-refractivity contribution is 0.0786. The van der Waals surface area contributed by atoms with Crippen molar-refractivity contribution in [3.05, 3.63) is 81.2 Å². The van der Waals surface area contributed by atoms with Gasteiger partial charge in [-0.25, -0.2) is 4.39 Å². The highest BCUT2D eigenvalue weighted by molar-refractivity contribution is 6.03. The lowest BCUT2D eigenvalue weighted by Gasteiger charge is -2.22. The molecule has 2 aromatic heterocycles. The first-order chi connectivity index (χ1) is 16.4. The second-order valence-corrected chi connectivity index (χ2v) is 9.25. The van der Waals surface area contributed by atoms with Gasteiger partial charge in [-0.3, -0.25) is 9.59 Å². The SMILES string of the molecule is CNC(=O)c1cc2c(-c3cc(C(C)(C)O)ccc3Oc3c(C)cc(F)cc3C)cn(C)c(=O)c2[nH]1. The van der Waals surface area contributed by atoms with Gasteiger partial charge in [-0.05, 0) is 74.7 Å². The monoisotopic (exact) mass is 477 g/mol. The number of carbonyl (C=O) groups excluding carboxylic acids is 1. The van der Waals surface area contributed by atoms with Crippen LogP contribution in [0.4, 0.5) is 4.39 Å². The van der Waals surface area contributed by atoms with E-state index in [4.69, 9.17) is 4.74 Å². The number of aromatic amines is 1. The van der Waals surface area contributed by atoms with E-state index in [1.165, 1.54) is 23.7 Å². The summed E-state index contributed by atoms with van der Waals surface area (Å²) in [4.78, 5) is 28.1. The van der Waals surface area contributed by atoms with E-state index in [9.17, 15) is 19.1 Å². The highest BCUT2D eigenvalue weighted by atomic mass is 19.1. The number of pyridine rings is 1. The number of ether oxygens (including phenoxy) is 1. The Kier molecular flexibility index (Phi) is 6.02. The Bertz CT molecular complexity index is 1500. The summed E-state index contributed by atoms with van der Waals surface area (Å²) in [6.45, 7) is 6.89. The molecule has 0 saturated carbocycles. The van der Waals surface area contributed by atoms with Gasteiger partial charge in [0.2, 0.25) is 0 Å². The van der Waals surface area contributed by atoms with E-state index in [2.05, 4.69) is 10.3 Å². The molecule has 7 nitrogen and oxygen atoms in total. The molecule has 8 heteroatoms. The number of fused-ring (bicyclic) bond motifs is 1. The number of hydrogen-bond donors (Lipinski definition) is 3. The molecule has 2 aromatic carbocycles. The van der Waals surface area contributed by atoms with E-state index in [-0.39, 0.29) is 28.5 Å². The topological polar surface area (TPSA) is 96.3 Å². The first-order valence-corrected chi connectivity index (χ1v) is 11.2. The van der Waals surface area contributed by atoms with Crippen molar-refractivity contribution in [3.8, 4) is 22.6 Å². The molecular weight excluding hydrogens is 449 g/mol. The average molecular weight is 478 g/mol. The number of nitrogens with zero attached hydrogens (tertiary/aromatic N) is 1. The van der Waals surface area contributed by atoms with Crippen LogP contribution < -0.4 is 15.6 Å². The second-order valence-electron chi connectivity index (χ2n) is 9.25. The first kappa shape index (κ1) is 24.2. The van der Waals surface area contributed by atoms with Crippen molar-refractivity contribution in [1.29, 1.82) is 0 Å². The molecule has 4 aromatic rings. The lowest BCUT2D eigenvalue weighted by Crippen LogP contribution is -2.19. The second kappa shape index (κ2) is 8.70. The summed E-state index contributed by atoms with van der Waals surface area (Å²) in [5.41, 5.74) is 2.24. The molecule has 35 heavy (non-hydrogen) atoms. The van der Waals surface area contributed by atoms with Gasteiger partial charge < -0.3 is 24.7 Å². The minimum atomic E-state index is -1.14. The molecule has 0 spiro atoms. The fraction of sp³-hybridized carbons (Fsp3) is 0.259. The van der Waals surface area contributed by atoms with Crippen molar-refractivity contribution >= 4 is 16.8 Å². The number of H-pyrrole nitrogens is 1. The molecule has 1 amide bonds. The van der Waals surface area contributed by atoms with Gasteiger partial charge in [0.1, 0.15) is 28.5 Å². The third kappa shape index (κ3) is 4.44. The highest BCUT2D eigenvalue weighted by Gasteiger charge is 2.23. The third-order valence-electron chi connectivity index (χ3n) is 6.05. The maximum absolute atomic E-state index is 13.9. The number of hydrogen-bond acceptors (Lipinski definition) is 4. The van der Waals surface area contributed by atoms with Crippen molar-refractivity contribution < 1.29 is 19.0 Å². The van der Waals surface area contributed by atoms with E-state index in [1.807, 2.05) is 0 Å². The van der Waals surface area contributed by atoms with E-state index < -0.39 is 5.60 Å². The van der Waals surface area contributed by atoms with Crippen LogP contribution in [0.15, 0.2) is 47.4 Å². The first-order valence-electron chi connectivity index (χ1n) is 11.2. The van der Waals surface area contributed by atoms with Crippen LogP contribution in [-0.4, -0.2) is 27.6 Å². The van der Waals surface area contributed by atoms with Crippen LogP contribution in [0.2, 0.25) is 0 Å². The maximum Gasteiger partial charge on any atom is 0.274 e. The Morgan fingerprint density at radius 1 is 1.11 bits per heavy atom. The average Bonchev–Trinajstić information content (AvgIpc) is 3.23. The largest absolute Gasteiger partial charge is 0.456 e. The molecule has 182 valence electrons. The normalized spacial score (nSPS) is 11.7. The number of aryl methyl sites for hydroxylation is 3. The number of rotatable bonds is 5. The lowest BCUT2D eigenvalue weighted by atomic mass is 9.93. The molecule has 0 atom stereocenters. The predicted octanol–water partition coefficient (Wildman–Crippen LogP) is 4.67. The van der Waals surface area contributed by atoms with Gasteiger partial charge in [-0.2, -0.15) is 0 Å². The molecule has 2 heterocycles. The quantitative estimate of drug-likeness (QED) is 0.389. The number of carbonyl (C=O) groups is 1. The van der Waals surface area contributed by atoms with E-state index >= 15 is 0 Å². The molecular formula is C27H28FN3O4. The number of aliphatic hydroxyl groups is 1. The van der Waals surface area contributed by atoms with Crippen molar-refractivity contribution in [2.45, 2.75) is 33.3 Å². The predicted molar refractivity (Wildman–Crippen MR) is 134 cm³/mol. The summed E-state index contributed by atoms with van der Waals surface area (Å²) < 4.78 is 21.6. The zero-order valence-electron chi connectivity index (χ0n) is 20.5. The number of aromatic nitrogens is 2.